The third-order valence-electron chi connectivity index (χ3n) is 5.19. The average Bonchev–Trinajstić information content (AvgIpc) is 3.23. The molecule has 0 aliphatic carbocycles. The summed E-state index contributed by atoms with van der Waals surface area (Å²) >= 11 is 0. The van der Waals surface area contributed by atoms with Crippen molar-refractivity contribution in [1.29, 1.82) is 0 Å². The number of aromatic nitrogens is 3. The topological polar surface area (TPSA) is 63.5 Å². The summed E-state index contributed by atoms with van der Waals surface area (Å²) in [7, 11) is 1.66. The quantitative estimate of drug-likeness (QED) is 0.684. The van der Waals surface area contributed by atoms with Crippen LogP contribution in [0.3, 0.4) is 0 Å². The monoisotopic (exact) mass is 391 g/mol. The van der Waals surface area contributed by atoms with E-state index in [1.54, 1.807) is 18.0 Å². The lowest BCUT2D eigenvalue weighted by Crippen LogP contribution is -2.48. The van der Waals surface area contributed by atoms with Crippen molar-refractivity contribution in [2.75, 3.05) is 38.2 Å². The number of anilines is 1. The van der Waals surface area contributed by atoms with Crippen LogP contribution in [-0.4, -0.2) is 59.1 Å². The third-order valence-corrected chi connectivity index (χ3v) is 5.19. The Morgan fingerprint density at radius 1 is 0.931 bits per heavy atom. The zero-order chi connectivity index (χ0) is 20.4. The normalized spacial score (nSPS) is 14.2. The molecule has 2 heterocycles. The summed E-state index contributed by atoms with van der Waals surface area (Å²) in [4.78, 5) is 17.0. The van der Waals surface area contributed by atoms with Crippen molar-refractivity contribution >= 4 is 11.6 Å². The smallest absolute Gasteiger partial charge is 0.276 e. The number of carbonyl (C=O) groups excluding carboxylic acids is 1. The number of ether oxygens (including phenoxy) is 1. The summed E-state index contributed by atoms with van der Waals surface area (Å²) in [5, 5.41) is 8.28. The van der Waals surface area contributed by atoms with Gasteiger partial charge in [0.15, 0.2) is 5.69 Å². The molecule has 0 radical (unpaired) electrons. The first-order valence-corrected chi connectivity index (χ1v) is 9.73. The second kappa shape index (κ2) is 7.95. The number of carbonyl (C=O) groups is 1. The fourth-order valence-electron chi connectivity index (χ4n) is 3.69. The summed E-state index contributed by atoms with van der Waals surface area (Å²) in [6, 6.07) is 14.2. The molecule has 7 nitrogen and oxygen atoms in total. The van der Waals surface area contributed by atoms with E-state index >= 15 is 0 Å². The van der Waals surface area contributed by atoms with E-state index < -0.39 is 0 Å². The van der Waals surface area contributed by atoms with E-state index in [9.17, 15) is 4.79 Å². The molecule has 3 aromatic rings. The van der Waals surface area contributed by atoms with Gasteiger partial charge in [-0.3, -0.25) is 4.79 Å². The lowest BCUT2D eigenvalue weighted by Gasteiger charge is -2.35. The summed E-state index contributed by atoms with van der Waals surface area (Å²) in [6.45, 7) is 6.96. The Balaban J connectivity index is 1.41. The summed E-state index contributed by atoms with van der Waals surface area (Å²) in [5.41, 5.74) is 4.73. The largest absolute Gasteiger partial charge is 0.497 e. The highest BCUT2D eigenvalue weighted by Gasteiger charge is 2.24. The Hall–Kier alpha value is -3.35. The Morgan fingerprint density at radius 3 is 2.21 bits per heavy atom. The predicted molar refractivity (Wildman–Crippen MR) is 112 cm³/mol. The minimum absolute atomic E-state index is 0.0741. The highest BCUT2D eigenvalue weighted by atomic mass is 16.5. The zero-order valence-electron chi connectivity index (χ0n) is 17.0. The van der Waals surface area contributed by atoms with Gasteiger partial charge in [0.2, 0.25) is 0 Å². The van der Waals surface area contributed by atoms with Gasteiger partial charge >= 0.3 is 0 Å². The summed E-state index contributed by atoms with van der Waals surface area (Å²) < 4.78 is 6.88. The second-order valence-corrected chi connectivity index (χ2v) is 7.37. The van der Waals surface area contributed by atoms with E-state index in [2.05, 4.69) is 21.3 Å². The number of hydrogen-bond donors (Lipinski definition) is 0. The average molecular weight is 391 g/mol. The molecule has 2 aromatic carbocycles. The molecule has 0 unspecified atom stereocenters. The molecule has 1 saturated heterocycles. The number of nitrogens with zero attached hydrogens (tertiary/aromatic N) is 5. The molecule has 7 heteroatoms. The van der Waals surface area contributed by atoms with Crippen LogP contribution >= 0.6 is 0 Å². The van der Waals surface area contributed by atoms with Gasteiger partial charge in [-0.2, -0.15) is 0 Å². The van der Waals surface area contributed by atoms with Gasteiger partial charge in [0.05, 0.1) is 19.0 Å². The van der Waals surface area contributed by atoms with Gasteiger partial charge in [-0.15, -0.1) is 5.10 Å². The van der Waals surface area contributed by atoms with Crippen LogP contribution in [0.2, 0.25) is 0 Å². The van der Waals surface area contributed by atoms with Crippen LogP contribution in [0.25, 0.3) is 5.69 Å². The van der Waals surface area contributed by atoms with Gasteiger partial charge < -0.3 is 14.5 Å². The molecular formula is C22H25N5O2. The minimum Gasteiger partial charge on any atom is -0.497 e. The Labute approximate surface area is 170 Å². The molecule has 1 aliphatic heterocycles. The molecule has 0 N–H and O–H groups in total. The molecule has 0 bridgehead atoms. The van der Waals surface area contributed by atoms with Gasteiger partial charge in [-0.05, 0) is 61.4 Å². The number of hydrogen-bond acceptors (Lipinski definition) is 5. The SMILES string of the molecule is COc1ccc(N2CCN(C(=O)c3cn(-c4cc(C)cc(C)c4)nn3)CC2)cc1. The van der Waals surface area contributed by atoms with Crippen molar-refractivity contribution in [3.63, 3.8) is 0 Å². The molecule has 150 valence electrons. The second-order valence-electron chi connectivity index (χ2n) is 7.37. The van der Waals surface area contributed by atoms with Crippen LogP contribution in [0.15, 0.2) is 48.7 Å². The van der Waals surface area contributed by atoms with E-state index in [0.717, 1.165) is 41.3 Å². The number of aryl methyl sites for hydroxylation is 2. The van der Waals surface area contributed by atoms with E-state index in [1.807, 2.05) is 55.1 Å². The van der Waals surface area contributed by atoms with E-state index in [0.29, 0.717) is 18.8 Å². The van der Waals surface area contributed by atoms with Crippen molar-refractivity contribution in [2.45, 2.75) is 13.8 Å². The molecule has 1 aliphatic rings. The summed E-state index contributed by atoms with van der Waals surface area (Å²) in [5.74, 6) is 0.768. The highest BCUT2D eigenvalue weighted by Crippen LogP contribution is 2.21. The fourth-order valence-corrected chi connectivity index (χ4v) is 3.69. The molecule has 0 atom stereocenters. The molecule has 29 heavy (non-hydrogen) atoms. The van der Waals surface area contributed by atoms with E-state index in [-0.39, 0.29) is 5.91 Å². The first-order valence-electron chi connectivity index (χ1n) is 9.73. The molecule has 4 rings (SSSR count). The van der Waals surface area contributed by atoms with E-state index in [1.165, 1.54) is 0 Å². The van der Waals surface area contributed by atoms with Crippen molar-refractivity contribution in [1.82, 2.24) is 19.9 Å². The van der Waals surface area contributed by atoms with E-state index in [4.69, 9.17) is 4.74 Å². The lowest BCUT2D eigenvalue weighted by molar-refractivity contribution is 0.0741. The number of rotatable bonds is 4. The van der Waals surface area contributed by atoms with Crippen LogP contribution in [0.1, 0.15) is 21.6 Å². The third kappa shape index (κ3) is 4.08. The van der Waals surface area contributed by atoms with Crippen molar-refractivity contribution in [2.24, 2.45) is 0 Å². The van der Waals surface area contributed by atoms with Crippen LogP contribution in [-0.2, 0) is 0 Å². The zero-order valence-corrected chi connectivity index (χ0v) is 17.0. The Kier molecular flexibility index (Phi) is 5.20. The first-order chi connectivity index (χ1) is 14.0. The predicted octanol–water partition coefficient (Wildman–Crippen LogP) is 2.86. The van der Waals surface area contributed by atoms with Gasteiger partial charge in [0.25, 0.3) is 5.91 Å². The number of methoxy groups -OCH3 is 1. The number of amides is 1. The first kappa shape index (κ1) is 19.0. The van der Waals surface area contributed by atoms with Crippen LogP contribution in [0, 0.1) is 13.8 Å². The Bertz CT molecular complexity index is 984. The molecule has 1 fully saturated rings. The van der Waals surface area contributed by atoms with Gasteiger partial charge in [0.1, 0.15) is 5.75 Å². The molecule has 0 saturated carbocycles. The van der Waals surface area contributed by atoms with Crippen LogP contribution < -0.4 is 9.64 Å². The maximum Gasteiger partial charge on any atom is 0.276 e. The fraction of sp³-hybridized carbons (Fsp3) is 0.318. The number of piperazine rings is 1. The van der Waals surface area contributed by atoms with Crippen molar-refractivity contribution in [3.8, 4) is 11.4 Å². The molecule has 1 amide bonds. The standard InChI is InChI=1S/C22H25N5O2/c1-16-12-17(2)14-19(13-16)27-15-21(23-24-27)22(28)26-10-8-25(9-11-26)18-4-6-20(29-3)7-5-18/h4-7,12-15H,8-11H2,1-3H3. The van der Waals surface area contributed by atoms with Crippen LogP contribution in [0.4, 0.5) is 5.69 Å². The minimum atomic E-state index is -0.0741. The Morgan fingerprint density at radius 2 is 1.59 bits per heavy atom. The lowest BCUT2D eigenvalue weighted by atomic mass is 10.1. The van der Waals surface area contributed by atoms with Gasteiger partial charge in [-0.1, -0.05) is 11.3 Å². The highest BCUT2D eigenvalue weighted by molar-refractivity contribution is 5.92. The maximum atomic E-state index is 12.9. The van der Waals surface area contributed by atoms with Gasteiger partial charge in [-0.25, -0.2) is 4.68 Å². The van der Waals surface area contributed by atoms with Crippen molar-refractivity contribution < 1.29 is 9.53 Å². The maximum absolute atomic E-state index is 12.9. The van der Waals surface area contributed by atoms with Gasteiger partial charge in [0, 0.05) is 31.9 Å². The number of benzene rings is 2. The van der Waals surface area contributed by atoms with Crippen LogP contribution in [0.5, 0.6) is 5.75 Å². The van der Waals surface area contributed by atoms with Crippen molar-refractivity contribution in [3.05, 3.63) is 65.5 Å². The summed E-state index contributed by atoms with van der Waals surface area (Å²) in [6.07, 6.45) is 1.71. The molecular weight excluding hydrogens is 366 g/mol. The molecule has 1 aromatic heterocycles. The molecule has 0 spiro atoms.